The highest BCUT2D eigenvalue weighted by Crippen LogP contribution is 2.15. The maximum atomic E-state index is 11.1. The molecule has 0 aliphatic rings. The summed E-state index contributed by atoms with van der Waals surface area (Å²) in [5.74, 6) is 0.720. The molecule has 0 aliphatic heterocycles. The van der Waals surface area contributed by atoms with Crippen molar-refractivity contribution in [3.05, 3.63) is 24.0 Å². The lowest BCUT2D eigenvalue weighted by molar-refractivity contribution is 0.101. The molecule has 0 amide bonds. The molecule has 0 radical (unpaired) electrons. The molecule has 0 N–H and O–H groups in total. The van der Waals surface area contributed by atoms with Crippen molar-refractivity contribution in [2.75, 3.05) is 0 Å². The molecule has 0 saturated heterocycles. The van der Waals surface area contributed by atoms with Gasteiger partial charge < -0.3 is 4.74 Å². The molecule has 1 atom stereocenters. The molecule has 3 nitrogen and oxygen atoms in total. The van der Waals surface area contributed by atoms with E-state index in [0.29, 0.717) is 5.69 Å². The molecule has 3 heteroatoms. The first-order chi connectivity index (χ1) is 8.63. The average molecular weight is 249 g/mol. The maximum absolute atomic E-state index is 11.1. The van der Waals surface area contributed by atoms with Crippen molar-refractivity contribution in [1.29, 1.82) is 0 Å². The van der Waals surface area contributed by atoms with Crippen LogP contribution >= 0.6 is 0 Å². The number of pyridine rings is 1. The Hall–Kier alpha value is -1.38. The molecule has 0 fully saturated rings. The molecule has 0 aliphatic carbocycles. The van der Waals surface area contributed by atoms with Gasteiger partial charge in [-0.15, -0.1) is 0 Å². The minimum absolute atomic E-state index is 0.0193. The van der Waals surface area contributed by atoms with Crippen LogP contribution in [0, 0.1) is 0 Å². The van der Waals surface area contributed by atoms with E-state index in [4.69, 9.17) is 4.74 Å². The second kappa shape index (κ2) is 7.85. The number of Topliss-reactive ketones (excluding diaryl/α,β-unsaturated/α-hetero) is 1. The second-order valence-electron chi connectivity index (χ2n) is 4.71. The molecule has 0 bridgehead atoms. The van der Waals surface area contributed by atoms with Gasteiger partial charge in [-0.05, 0) is 31.9 Å². The normalized spacial score (nSPS) is 12.2. The molecule has 1 unspecified atom stereocenters. The summed E-state index contributed by atoms with van der Waals surface area (Å²) >= 11 is 0. The van der Waals surface area contributed by atoms with E-state index < -0.39 is 0 Å². The Morgan fingerprint density at radius 1 is 1.33 bits per heavy atom. The van der Waals surface area contributed by atoms with Crippen LogP contribution in [0.2, 0.25) is 0 Å². The molecule has 100 valence electrons. The maximum Gasteiger partial charge on any atom is 0.178 e. The number of ether oxygens (including phenoxy) is 1. The molecule has 0 aromatic carbocycles. The highest BCUT2D eigenvalue weighted by atomic mass is 16.5. The zero-order valence-corrected chi connectivity index (χ0v) is 11.6. The number of rotatable bonds is 8. The molecule has 18 heavy (non-hydrogen) atoms. The minimum atomic E-state index is -0.0193. The lowest BCUT2D eigenvalue weighted by Gasteiger charge is -2.14. The van der Waals surface area contributed by atoms with Crippen molar-refractivity contribution in [1.82, 2.24) is 4.98 Å². The molecule has 0 spiro atoms. The van der Waals surface area contributed by atoms with E-state index in [-0.39, 0.29) is 11.9 Å². The zero-order valence-electron chi connectivity index (χ0n) is 11.6. The zero-order chi connectivity index (χ0) is 13.4. The third kappa shape index (κ3) is 5.30. The molecule has 1 heterocycles. The van der Waals surface area contributed by atoms with Crippen LogP contribution in [0.25, 0.3) is 0 Å². The van der Waals surface area contributed by atoms with Crippen LogP contribution in [-0.2, 0) is 0 Å². The number of carbonyl (C=O) groups is 1. The summed E-state index contributed by atoms with van der Waals surface area (Å²) in [4.78, 5) is 15.1. The highest BCUT2D eigenvalue weighted by Gasteiger charge is 2.05. The van der Waals surface area contributed by atoms with Gasteiger partial charge in [0.2, 0.25) is 0 Å². The summed E-state index contributed by atoms with van der Waals surface area (Å²) in [7, 11) is 0. The summed E-state index contributed by atoms with van der Waals surface area (Å²) in [6.45, 7) is 5.80. The fourth-order valence-electron chi connectivity index (χ4n) is 1.81. The van der Waals surface area contributed by atoms with Crippen molar-refractivity contribution in [2.45, 2.75) is 59.0 Å². The van der Waals surface area contributed by atoms with E-state index in [1.807, 2.05) is 6.07 Å². The predicted molar refractivity (Wildman–Crippen MR) is 73.1 cm³/mol. The minimum Gasteiger partial charge on any atom is -0.489 e. The van der Waals surface area contributed by atoms with Crippen LogP contribution in [-0.4, -0.2) is 16.9 Å². The number of ketones is 1. The van der Waals surface area contributed by atoms with Gasteiger partial charge in [0.25, 0.3) is 0 Å². The topological polar surface area (TPSA) is 39.2 Å². The first-order valence-electron chi connectivity index (χ1n) is 6.77. The largest absolute Gasteiger partial charge is 0.489 e. The van der Waals surface area contributed by atoms with E-state index in [1.165, 1.54) is 32.6 Å². The Balaban J connectivity index is 2.35. The second-order valence-corrected chi connectivity index (χ2v) is 4.71. The van der Waals surface area contributed by atoms with Crippen LogP contribution in [0.15, 0.2) is 18.3 Å². The van der Waals surface area contributed by atoms with E-state index in [1.54, 1.807) is 12.3 Å². The first kappa shape index (κ1) is 14.7. The Bertz CT molecular complexity index is 359. The Kier molecular flexibility index (Phi) is 6.40. The van der Waals surface area contributed by atoms with Crippen LogP contribution in [0.3, 0.4) is 0 Å². The number of unbranched alkanes of at least 4 members (excludes halogenated alkanes) is 3. The molecular weight excluding hydrogens is 226 g/mol. The van der Waals surface area contributed by atoms with Gasteiger partial charge in [0.15, 0.2) is 5.78 Å². The third-order valence-corrected chi connectivity index (χ3v) is 2.90. The van der Waals surface area contributed by atoms with E-state index in [9.17, 15) is 4.79 Å². The quantitative estimate of drug-likeness (QED) is 0.516. The first-order valence-corrected chi connectivity index (χ1v) is 6.77. The van der Waals surface area contributed by atoms with Crippen molar-refractivity contribution in [3.63, 3.8) is 0 Å². The number of hydrogen-bond donors (Lipinski definition) is 0. The monoisotopic (exact) mass is 249 g/mol. The van der Waals surface area contributed by atoms with Gasteiger partial charge in [0.05, 0.1) is 12.3 Å². The lowest BCUT2D eigenvalue weighted by Crippen LogP contribution is -2.12. The highest BCUT2D eigenvalue weighted by molar-refractivity contribution is 5.92. The number of carbonyl (C=O) groups excluding carboxylic acids is 1. The standard InChI is InChI=1S/C15H23NO2/c1-4-5-6-7-8-12(2)18-14-9-10-15(13(3)17)16-11-14/h9-12H,4-8H2,1-3H3. The fourth-order valence-corrected chi connectivity index (χ4v) is 1.81. The average Bonchev–Trinajstić information content (AvgIpc) is 2.35. The number of nitrogens with zero attached hydrogens (tertiary/aromatic N) is 1. The van der Waals surface area contributed by atoms with Crippen molar-refractivity contribution >= 4 is 5.78 Å². The number of hydrogen-bond acceptors (Lipinski definition) is 3. The van der Waals surface area contributed by atoms with Crippen LogP contribution < -0.4 is 4.74 Å². The molecular formula is C15H23NO2. The van der Waals surface area contributed by atoms with Crippen LogP contribution in [0.5, 0.6) is 5.75 Å². The van der Waals surface area contributed by atoms with Gasteiger partial charge >= 0.3 is 0 Å². The fraction of sp³-hybridized carbons (Fsp3) is 0.600. The molecule has 1 rings (SSSR count). The van der Waals surface area contributed by atoms with E-state index >= 15 is 0 Å². The third-order valence-electron chi connectivity index (χ3n) is 2.90. The van der Waals surface area contributed by atoms with Crippen LogP contribution in [0.4, 0.5) is 0 Å². The molecule has 1 aromatic heterocycles. The molecule has 1 aromatic rings. The van der Waals surface area contributed by atoms with Gasteiger partial charge in [-0.3, -0.25) is 4.79 Å². The van der Waals surface area contributed by atoms with Gasteiger partial charge in [-0.2, -0.15) is 0 Å². The van der Waals surface area contributed by atoms with Crippen molar-refractivity contribution in [2.24, 2.45) is 0 Å². The SMILES string of the molecule is CCCCCCC(C)Oc1ccc(C(C)=O)nc1. The van der Waals surface area contributed by atoms with Crippen molar-refractivity contribution in [3.8, 4) is 5.75 Å². The lowest BCUT2D eigenvalue weighted by atomic mass is 10.1. The summed E-state index contributed by atoms with van der Waals surface area (Å²) in [5.41, 5.74) is 0.484. The van der Waals surface area contributed by atoms with Gasteiger partial charge in [-0.1, -0.05) is 26.2 Å². The summed E-state index contributed by atoms with van der Waals surface area (Å²) in [6, 6.07) is 3.52. The van der Waals surface area contributed by atoms with Gasteiger partial charge in [0, 0.05) is 6.92 Å². The Labute approximate surface area is 110 Å². The van der Waals surface area contributed by atoms with E-state index in [2.05, 4.69) is 18.8 Å². The number of aromatic nitrogens is 1. The van der Waals surface area contributed by atoms with Gasteiger partial charge in [0.1, 0.15) is 11.4 Å². The molecule has 0 saturated carbocycles. The Morgan fingerprint density at radius 3 is 2.67 bits per heavy atom. The predicted octanol–water partition coefficient (Wildman–Crippen LogP) is 4.02. The van der Waals surface area contributed by atoms with Gasteiger partial charge in [-0.25, -0.2) is 4.98 Å². The summed E-state index contributed by atoms with van der Waals surface area (Å²) in [6.07, 6.45) is 7.91. The smallest absolute Gasteiger partial charge is 0.178 e. The summed E-state index contributed by atoms with van der Waals surface area (Å²) in [5, 5.41) is 0. The Morgan fingerprint density at radius 2 is 2.11 bits per heavy atom. The summed E-state index contributed by atoms with van der Waals surface area (Å²) < 4.78 is 5.76. The van der Waals surface area contributed by atoms with Crippen molar-refractivity contribution < 1.29 is 9.53 Å². The van der Waals surface area contributed by atoms with E-state index in [0.717, 1.165) is 12.2 Å². The van der Waals surface area contributed by atoms with Crippen LogP contribution in [0.1, 0.15) is 63.4 Å².